The van der Waals surface area contributed by atoms with E-state index in [0.29, 0.717) is 53.9 Å². The third-order valence-corrected chi connectivity index (χ3v) is 13.4. The van der Waals surface area contributed by atoms with Crippen molar-refractivity contribution in [3.8, 4) is 11.5 Å². The molecule has 0 unspecified atom stereocenters. The number of likely N-dealkylation sites (tertiary alicyclic amines) is 1. The number of benzene rings is 2. The van der Waals surface area contributed by atoms with Crippen molar-refractivity contribution in [1.82, 2.24) is 9.88 Å². The first-order valence-electron chi connectivity index (χ1n) is 19.6. The number of carboxylic acid groups (broad SMARTS) is 1. The highest BCUT2D eigenvalue weighted by atomic mass is 35.5. The molecule has 4 aliphatic rings. The second-order valence-electron chi connectivity index (χ2n) is 16.5. The van der Waals surface area contributed by atoms with Crippen LogP contribution in [-0.2, 0) is 23.1 Å². The Morgan fingerprint density at radius 2 is 1.83 bits per heavy atom. The van der Waals surface area contributed by atoms with Crippen LogP contribution in [-0.4, -0.2) is 59.3 Å². The Hall–Kier alpha value is -3.00. The number of fused-ring (bicyclic) bond motifs is 3. The summed E-state index contributed by atoms with van der Waals surface area (Å²) in [5, 5.41) is 15.3. The third kappa shape index (κ3) is 7.79. The van der Waals surface area contributed by atoms with E-state index in [1.807, 2.05) is 36.5 Å². The number of nitrogens with zero attached hydrogens (tertiary/aromatic N) is 2. The van der Waals surface area contributed by atoms with Gasteiger partial charge in [0.15, 0.2) is 0 Å². The molecular weight excluding hydrogens is 693 g/mol. The molecule has 2 aromatic carbocycles. The van der Waals surface area contributed by atoms with Gasteiger partial charge in [-0.2, -0.15) is 0 Å². The van der Waals surface area contributed by atoms with Gasteiger partial charge in [-0.25, -0.2) is 4.79 Å². The lowest BCUT2D eigenvalue weighted by molar-refractivity contribution is -0.144. The average molecular weight is 749 g/mol. The van der Waals surface area contributed by atoms with Gasteiger partial charge in [0.2, 0.25) is 0 Å². The van der Waals surface area contributed by atoms with Crippen LogP contribution in [0.25, 0.3) is 0 Å². The van der Waals surface area contributed by atoms with Crippen molar-refractivity contribution in [2.75, 3.05) is 38.2 Å². The second kappa shape index (κ2) is 15.8. The Kier molecular flexibility index (Phi) is 11.3. The minimum atomic E-state index is -1.08. The molecule has 3 aromatic rings. The van der Waals surface area contributed by atoms with E-state index in [1.54, 1.807) is 0 Å². The van der Waals surface area contributed by atoms with E-state index in [-0.39, 0.29) is 5.41 Å². The molecular formula is C43H55Cl2N3O4. The molecule has 0 amide bonds. The maximum absolute atomic E-state index is 13.0. The SMILES string of the molecule is CC1CCN(CCOc2cc3c(cc2Cl)C[C@H](C[C@@H](C)COc2ccnc4c2[C@H](C)CCC4)C32CCC(Nc3cccc(Cl)c3)(C(=O)O)CC2)CC1. The fourth-order valence-corrected chi connectivity index (χ4v) is 10.2. The maximum Gasteiger partial charge on any atom is 0.329 e. The summed E-state index contributed by atoms with van der Waals surface area (Å²) in [5.41, 5.74) is 4.50. The molecule has 1 spiro atoms. The lowest BCUT2D eigenvalue weighted by Crippen LogP contribution is -2.53. The number of hydrogen-bond acceptors (Lipinski definition) is 6. The van der Waals surface area contributed by atoms with Gasteiger partial charge in [0, 0.05) is 34.7 Å². The Bertz CT molecular complexity index is 1730. The Morgan fingerprint density at radius 1 is 1.04 bits per heavy atom. The number of aromatic nitrogens is 1. The molecule has 0 bridgehead atoms. The molecule has 2 heterocycles. The first-order valence-corrected chi connectivity index (χ1v) is 20.4. The normalized spacial score (nSPS) is 26.8. The lowest BCUT2D eigenvalue weighted by atomic mass is 9.59. The number of aliphatic carboxylic acids is 1. The Labute approximate surface area is 319 Å². The quantitative estimate of drug-likeness (QED) is 0.191. The summed E-state index contributed by atoms with van der Waals surface area (Å²) in [5.74, 6) is 2.78. The number of pyridine rings is 1. The second-order valence-corrected chi connectivity index (χ2v) is 17.4. The van der Waals surface area contributed by atoms with Gasteiger partial charge in [0.25, 0.3) is 0 Å². The standard InChI is InChI=1S/C43H55Cl2N3O4/c1-28-11-18-48(19-12-28)20-21-51-39-26-35-31(24-36(39)45)23-32(22-29(2)27-52-38-10-17-46-37-9-4-6-30(3)40(37)38)42(35)13-15-43(16-14-42,41(49)50)47-34-8-5-7-33(44)25-34/h5,7-8,10,17,24-26,28-30,32,47H,4,6,9,11-16,18-23,27H2,1-3H3,(H,49,50)/t29-,30-,32+,42?,43?/m1/s1. The predicted molar refractivity (Wildman–Crippen MR) is 209 cm³/mol. The van der Waals surface area contributed by atoms with Crippen LogP contribution >= 0.6 is 23.2 Å². The monoisotopic (exact) mass is 747 g/mol. The van der Waals surface area contributed by atoms with Crippen LogP contribution in [0.4, 0.5) is 5.69 Å². The number of aryl methyl sites for hydroxylation is 1. The minimum Gasteiger partial charge on any atom is -0.493 e. The number of hydrogen-bond donors (Lipinski definition) is 2. The molecule has 3 aliphatic carbocycles. The van der Waals surface area contributed by atoms with E-state index < -0.39 is 11.5 Å². The molecule has 1 aliphatic heterocycles. The molecule has 7 rings (SSSR count). The fraction of sp³-hybridized carbons (Fsp3) is 0.581. The number of halogens is 2. The molecule has 1 saturated carbocycles. The van der Waals surface area contributed by atoms with Crippen LogP contribution in [0.5, 0.6) is 11.5 Å². The fourth-order valence-electron chi connectivity index (χ4n) is 9.79. The summed E-state index contributed by atoms with van der Waals surface area (Å²) in [6.45, 7) is 11.3. The average Bonchev–Trinajstić information content (AvgIpc) is 3.39. The largest absolute Gasteiger partial charge is 0.493 e. The molecule has 9 heteroatoms. The van der Waals surface area contributed by atoms with E-state index in [9.17, 15) is 9.90 Å². The zero-order chi connectivity index (χ0) is 36.5. The Morgan fingerprint density at radius 3 is 2.58 bits per heavy atom. The van der Waals surface area contributed by atoms with Gasteiger partial charge in [0.1, 0.15) is 23.6 Å². The van der Waals surface area contributed by atoms with Gasteiger partial charge in [-0.05, 0) is 160 Å². The van der Waals surface area contributed by atoms with Crippen LogP contribution in [0.1, 0.15) is 107 Å². The summed E-state index contributed by atoms with van der Waals surface area (Å²) in [6, 6.07) is 13.7. The van der Waals surface area contributed by atoms with Crippen molar-refractivity contribution < 1.29 is 19.4 Å². The molecule has 3 atom stereocenters. The molecule has 1 saturated heterocycles. The van der Waals surface area contributed by atoms with Gasteiger partial charge in [-0.3, -0.25) is 9.88 Å². The van der Waals surface area contributed by atoms with Crippen LogP contribution in [0.2, 0.25) is 10.0 Å². The highest BCUT2D eigenvalue weighted by Crippen LogP contribution is 2.57. The highest BCUT2D eigenvalue weighted by Gasteiger charge is 2.54. The van der Waals surface area contributed by atoms with Gasteiger partial charge < -0.3 is 19.9 Å². The summed E-state index contributed by atoms with van der Waals surface area (Å²) in [6.07, 6.45) is 12.1. The van der Waals surface area contributed by atoms with Gasteiger partial charge in [-0.15, -0.1) is 0 Å². The van der Waals surface area contributed by atoms with Gasteiger partial charge in [0.05, 0.1) is 11.6 Å². The molecule has 52 heavy (non-hydrogen) atoms. The van der Waals surface area contributed by atoms with E-state index in [2.05, 4.69) is 48.1 Å². The summed E-state index contributed by atoms with van der Waals surface area (Å²) in [7, 11) is 0. The van der Waals surface area contributed by atoms with E-state index in [0.717, 1.165) is 74.8 Å². The number of carbonyl (C=O) groups is 1. The number of rotatable bonds is 12. The van der Waals surface area contributed by atoms with Crippen LogP contribution in [0.15, 0.2) is 48.7 Å². The summed E-state index contributed by atoms with van der Waals surface area (Å²) in [4.78, 5) is 20.2. The van der Waals surface area contributed by atoms with Gasteiger partial charge >= 0.3 is 5.97 Å². The first kappa shape index (κ1) is 37.3. The number of carboxylic acids is 1. The number of nitrogens with one attached hydrogen (secondary N) is 1. The molecule has 0 radical (unpaired) electrons. The van der Waals surface area contributed by atoms with Gasteiger partial charge in [-0.1, -0.05) is 50.0 Å². The highest BCUT2D eigenvalue weighted by molar-refractivity contribution is 6.32. The predicted octanol–water partition coefficient (Wildman–Crippen LogP) is 9.96. The molecule has 7 nitrogen and oxygen atoms in total. The lowest BCUT2D eigenvalue weighted by Gasteiger charge is -2.47. The van der Waals surface area contributed by atoms with E-state index in [4.69, 9.17) is 32.7 Å². The number of ether oxygens (including phenoxy) is 2. The van der Waals surface area contributed by atoms with Crippen LogP contribution < -0.4 is 14.8 Å². The molecule has 1 aromatic heterocycles. The smallest absolute Gasteiger partial charge is 0.329 e. The first-order chi connectivity index (χ1) is 25.0. The van der Waals surface area contributed by atoms with E-state index in [1.165, 1.54) is 48.1 Å². The van der Waals surface area contributed by atoms with Crippen LogP contribution in [0, 0.1) is 17.8 Å². The zero-order valence-corrected chi connectivity index (χ0v) is 32.6. The molecule has 2 fully saturated rings. The third-order valence-electron chi connectivity index (χ3n) is 12.9. The summed E-state index contributed by atoms with van der Waals surface area (Å²) >= 11 is 13.2. The van der Waals surface area contributed by atoms with Crippen molar-refractivity contribution in [2.24, 2.45) is 17.8 Å². The summed E-state index contributed by atoms with van der Waals surface area (Å²) < 4.78 is 13.0. The topological polar surface area (TPSA) is 83.9 Å². The maximum atomic E-state index is 13.0. The van der Waals surface area contributed by atoms with E-state index >= 15 is 0 Å². The molecule has 280 valence electrons. The molecule has 2 N–H and O–H groups in total. The Balaban J connectivity index is 1.12. The van der Waals surface area contributed by atoms with Crippen molar-refractivity contribution in [1.29, 1.82) is 0 Å². The van der Waals surface area contributed by atoms with Crippen molar-refractivity contribution >= 4 is 34.9 Å². The minimum absolute atomic E-state index is 0.186. The zero-order valence-electron chi connectivity index (χ0n) is 31.1. The number of anilines is 1. The van der Waals surface area contributed by atoms with Crippen molar-refractivity contribution in [3.05, 3.63) is 81.1 Å². The number of piperidine rings is 1. The van der Waals surface area contributed by atoms with Crippen LogP contribution in [0.3, 0.4) is 0 Å². The van der Waals surface area contributed by atoms with Crippen molar-refractivity contribution in [3.63, 3.8) is 0 Å². The van der Waals surface area contributed by atoms with Crippen molar-refractivity contribution in [2.45, 2.75) is 108 Å².